The van der Waals surface area contributed by atoms with Crippen LogP contribution in [-0.4, -0.2) is 20.7 Å². The first kappa shape index (κ1) is 16.2. The zero-order valence-electron chi connectivity index (χ0n) is 11.9. The van der Waals surface area contributed by atoms with Crippen LogP contribution in [0.1, 0.15) is 51.1 Å². The zero-order valence-corrected chi connectivity index (χ0v) is 12.8. The van der Waals surface area contributed by atoms with Crippen LogP contribution < -0.4 is 5.32 Å². The first-order chi connectivity index (χ1) is 9.07. The summed E-state index contributed by atoms with van der Waals surface area (Å²) in [6.07, 6.45) is 3.80. The molecule has 0 amide bonds. The first-order valence-electron chi connectivity index (χ1n) is 7.06. The Kier molecular flexibility index (Phi) is 7.16. The van der Waals surface area contributed by atoms with E-state index >= 15 is 0 Å². The Morgan fingerprint density at radius 2 is 1.84 bits per heavy atom. The molecule has 0 bridgehead atoms. The van der Waals surface area contributed by atoms with Gasteiger partial charge in [-0.05, 0) is 31.5 Å². The SMILES string of the molecule is CCCCCS(=O)(=O)Cc1ccc(CNCCC)o1. The van der Waals surface area contributed by atoms with Crippen molar-refractivity contribution in [1.82, 2.24) is 5.32 Å². The van der Waals surface area contributed by atoms with Crippen molar-refractivity contribution < 1.29 is 12.8 Å². The van der Waals surface area contributed by atoms with Gasteiger partial charge in [-0.1, -0.05) is 26.7 Å². The van der Waals surface area contributed by atoms with Gasteiger partial charge in [0.2, 0.25) is 0 Å². The summed E-state index contributed by atoms with van der Waals surface area (Å²) in [4.78, 5) is 0. The molecule has 0 aliphatic heterocycles. The van der Waals surface area contributed by atoms with Crippen molar-refractivity contribution in [2.24, 2.45) is 0 Å². The van der Waals surface area contributed by atoms with Crippen molar-refractivity contribution in [2.75, 3.05) is 12.3 Å². The van der Waals surface area contributed by atoms with Gasteiger partial charge in [0.1, 0.15) is 17.3 Å². The van der Waals surface area contributed by atoms with Gasteiger partial charge in [-0.25, -0.2) is 8.42 Å². The summed E-state index contributed by atoms with van der Waals surface area (Å²) >= 11 is 0. The summed E-state index contributed by atoms with van der Waals surface area (Å²) in [7, 11) is -3.03. The number of hydrogen-bond acceptors (Lipinski definition) is 4. The van der Waals surface area contributed by atoms with Crippen LogP contribution >= 0.6 is 0 Å². The summed E-state index contributed by atoms with van der Waals surface area (Å²) in [5.74, 6) is 1.62. The normalized spacial score (nSPS) is 11.9. The Morgan fingerprint density at radius 1 is 1.11 bits per heavy atom. The van der Waals surface area contributed by atoms with Gasteiger partial charge < -0.3 is 9.73 Å². The number of hydrogen-bond donors (Lipinski definition) is 1. The Bertz CT molecular complexity index is 451. The maximum Gasteiger partial charge on any atom is 0.157 e. The van der Waals surface area contributed by atoms with Gasteiger partial charge in [0.15, 0.2) is 9.84 Å². The maximum atomic E-state index is 11.9. The molecule has 1 heterocycles. The number of sulfone groups is 1. The van der Waals surface area contributed by atoms with Crippen molar-refractivity contribution in [3.05, 3.63) is 23.7 Å². The van der Waals surface area contributed by atoms with E-state index in [9.17, 15) is 8.42 Å². The van der Waals surface area contributed by atoms with Gasteiger partial charge in [0.05, 0.1) is 12.3 Å². The van der Waals surface area contributed by atoms with Crippen LogP contribution in [0, 0.1) is 0 Å². The smallest absolute Gasteiger partial charge is 0.157 e. The number of nitrogens with one attached hydrogen (secondary N) is 1. The third-order valence-corrected chi connectivity index (χ3v) is 4.50. The predicted molar refractivity (Wildman–Crippen MR) is 77.7 cm³/mol. The number of rotatable bonds is 10. The fraction of sp³-hybridized carbons (Fsp3) is 0.714. The molecule has 0 radical (unpaired) electrons. The molecule has 0 fully saturated rings. The summed E-state index contributed by atoms with van der Waals surface area (Å²) < 4.78 is 29.3. The fourth-order valence-electron chi connectivity index (χ4n) is 1.84. The Hall–Kier alpha value is -0.810. The Morgan fingerprint density at radius 3 is 2.53 bits per heavy atom. The predicted octanol–water partition coefficient (Wildman–Crippen LogP) is 2.88. The molecule has 1 N–H and O–H groups in total. The number of unbranched alkanes of at least 4 members (excludes halogenated alkanes) is 2. The van der Waals surface area contributed by atoms with Gasteiger partial charge >= 0.3 is 0 Å². The standard InChI is InChI=1S/C14H25NO3S/c1-3-5-6-10-19(16,17)12-14-8-7-13(18-14)11-15-9-4-2/h7-8,15H,3-6,9-12H2,1-2H3. The summed E-state index contributed by atoms with van der Waals surface area (Å²) in [6.45, 7) is 5.76. The molecule has 1 aromatic heterocycles. The molecule has 0 spiro atoms. The molecule has 0 aromatic carbocycles. The van der Waals surface area contributed by atoms with E-state index in [1.165, 1.54) is 0 Å². The second-order valence-electron chi connectivity index (χ2n) is 4.84. The summed E-state index contributed by atoms with van der Waals surface area (Å²) in [5, 5.41) is 3.23. The molecule has 0 atom stereocenters. The monoisotopic (exact) mass is 287 g/mol. The lowest BCUT2D eigenvalue weighted by atomic mass is 10.3. The van der Waals surface area contributed by atoms with Crippen LogP contribution in [-0.2, 0) is 22.1 Å². The molecule has 19 heavy (non-hydrogen) atoms. The van der Waals surface area contributed by atoms with Crippen LogP contribution in [0.2, 0.25) is 0 Å². The zero-order chi connectivity index (χ0) is 14.1. The molecule has 5 heteroatoms. The number of furan rings is 1. The Balaban J connectivity index is 2.43. The molecule has 1 rings (SSSR count). The lowest BCUT2D eigenvalue weighted by Gasteiger charge is -2.02. The second-order valence-corrected chi connectivity index (χ2v) is 7.03. The van der Waals surface area contributed by atoms with E-state index in [1.807, 2.05) is 6.07 Å². The van der Waals surface area contributed by atoms with Crippen LogP contribution in [0.15, 0.2) is 16.5 Å². The van der Waals surface area contributed by atoms with Crippen LogP contribution in [0.4, 0.5) is 0 Å². The van der Waals surface area contributed by atoms with Gasteiger partial charge in [0, 0.05) is 0 Å². The molecular weight excluding hydrogens is 262 g/mol. The maximum absolute atomic E-state index is 11.9. The van der Waals surface area contributed by atoms with E-state index in [0.29, 0.717) is 12.3 Å². The highest BCUT2D eigenvalue weighted by molar-refractivity contribution is 7.90. The molecule has 4 nitrogen and oxygen atoms in total. The molecular formula is C14H25NO3S. The average molecular weight is 287 g/mol. The van der Waals surface area contributed by atoms with E-state index in [2.05, 4.69) is 19.2 Å². The minimum absolute atomic E-state index is 0.0183. The molecule has 0 unspecified atom stereocenters. The minimum atomic E-state index is -3.03. The van der Waals surface area contributed by atoms with Crippen LogP contribution in [0.25, 0.3) is 0 Å². The van der Waals surface area contributed by atoms with Crippen molar-refractivity contribution in [3.8, 4) is 0 Å². The van der Waals surface area contributed by atoms with Gasteiger partial charge in [-0.15, -0.1) is 0 Å². The highest BCUT2D eigenvalue weighted by atomic mass is 32.2. The third-order valence-electron chi connectivity index (χ3n) is 2.86. The van der Waals surface area contributed by atoms with Crippen LogP contribution in [0.5, 0.6) is 0 Å². The van der Waals surface area contributed by atoms with Crippen molar-refractivity contribution in [3.63, 3.8) is 0 Å². The first-order valence-corrected chi connectivity index (χ1v) is 8.88. The van der Waals surface area contributed by atoms with Crippen LogP contribution in [0.3, 0.4) is 0 Å². The fourth-order valence-corrected chi connectivity index (χ4v) is 3.22. The van der Waals surface area contributed by atoms with E-state index < -0.39 is 9.84 Å². The van der Waals surface area contributed by atoms with E-state index in [0.717, 1.165) is 38.0 Å². The molecule has 0 aliphatic carbocycles. The summed E-state index contributed by atoms with van der Waals surface area (Å²) in [5.41, 5.74) is 0. The molecule has 110 valence electrons. The van der Waals surface area contributed by atoms with Gasteiger partial charge in [-0.3, -0.25) is 0 Å². The van der Waals surface area contributed by atoms with Crippen molar-refractivity contribution in [2.45, 2.75) is 51.8 Å². The minimum Gasteiger partial charge on any atom is -0.464 e. The highest BCUT2D eigenvalue weighted by Crippen LogP contribution is 2.13. The Labute approximate surface area is 116 Å². The van der Waals surface area contributed by atoms with Crippen molar-refractivity contribution in [1.29, 1.82) is 0 Å². The molecule has 1 aromatic rings. The van der Waals surface area contributed by atoms with Gasteiger partial charge in [-0.2, -0.15) is 0 Å². The average Bonchev–Trinajstić information content (AvgIpc) is 2.76. The molecule has 0 aliphatic rings. The topological polar surface area (TPSA) is 59.3 Å². The third kappa shape index (κ3) is 6.78. The molecule has 0 saturated heterocycles. The van der Waals surface area contributed by atoms with E-state index in [4.69, 9.17) is 4.42 Å². The molecule has 0 saturated carbocycles. The van der Waals surface area contributed by atoms with E-state index in [-0.39, 0.29) is 11.5 Å². The second kappa shape index (κ2) is 8.38. The lowest BCUT2D eigenvalue weighted by Crippen LogP contribution is -2.13. The quantitative estimate of drug-likeness (QED) is 0.672. The lowest BCUT2D eigenvalue weighted by molar-refractivity contribution is 0.456. The van der Waals surface area contributed by atoms with E-state index in [1.54, 1.807) is 6.07 Å². The van der Waals surface area contributed by atoms with Crippen molar-refractivity contribution >= 4 is 9.84 Å². The largest absolute Gasteiger partial charge is 0.464 e. The van der Waals surface area contributed by atoms with Gasteiger partial charge in [0.25, 0.3) is 0 Å². The summed E-state index contributed by atoms with van der Waals surface area (Å²) in [6, 6.07) is 3.61. The highest BCUT2D eigenvalue weighted by Gasteiger charge is 2.14.